The number of halogens is 1. The van der Waals surface area contributed by atoms with Gasteiger partial charge in [0.1, 0.15) is 5.82 Å². The highest BCUT2D eigenvalue weighted by atomic mass is 32.2. The van der Waals surface area contributed by atoms with Crippen LogP contribution in [0.15, 0.2) is 24.3 Å². The van der Waals surface area contributed by atoms with E-state index in [9.17, 15) is 17.6 Å². The minimum absolute atomic E-state index is 0.000379. The summed E-state index contributed by atoms with van der Waals surface area (Å²) in [6.07, 6.45) is 1.03. The molecule has 0 saturated heterocycles. The van der Waals surface area contributed by atoms with Crippen molar-refractivity contribution in [3.8, 4) is 0 Å². The maximum atomic E-state index is 13.0. The Morgan fingerprint density at radius 3 is 2.19 bits per heavy atom. The molecule has 0 heterocycles. The standard InChI is InChI=1S/C14H21FN2O3S/c1-4-17(5-2)14(18)10-13(16-21(3,19)20)11-6-8-12(15)9-7-11/h6-9,13,16H,4-5,10H2,1-3H3. The number of rotatable bonds is 7. The molecule has 0 aliphatic heterocycles. The van der Waals surface area contributed by atoms with Gasteiger partial charge in [-0.1, -0.05) is 12.1 Å². The van der Waals surface area contributed by atoms with E-state index in [1.54, 1.807) is 4.90 Å². The Morgan fingerprint density at radius 1 is 1.24 bits per heavy atom. The summed E-state index contributed by atoms with van der Waals surface area (Å²) >= 11 is 0. The fourth-order valence-corrected chi connectivity index (χ4v) is 2.80. The molecule has 1 amide bonds. The molecule has 0 aliphatic rings. The average molecular weight is 316 g/mol. The number of carbonyl (C=O) groups is 1. The summed E-state index contributed by atoms with van der Waals surface area (Å²) in [5.74, 6) is -0.558. The zero-order chi connectivity index (χ0) is 16.0. The van der Waals surface area contributed by atoms with Gasteiger partial charge in [-0.25, -0.2) is 17.5 Å². The Morgan fingerprint density at radius 2 is 1.76 bits per heavy atom. The third-order valence-electron chi connectivity index (χ3n) is 3.12. The molecule has 0 bridgehead atoms. The highest BCUT2D eigenvalue weighted by Gasteiger charge is 2.22. The number of hydrogen-bond acceptors (Lipinski definition) is 3. The lowest BCUT2D eigenvalue weighted by Crippen LogP contribution is -2.36. The summed E-state index contributed by atoms with van der Waals surface area (Å²) in [4.78, 5) is 13.8. The Hall–Kier alpha value is -1.47. The number of sulfonamides is 1. The molecule has 7 heteroatoms. The highest BCUT2D eigenvalue weighted by Crippen LogP contribution is 2.19. The van der Waals surface area contributed by atoms with Crippen LogP contribution in [0.2, 0.25) is 0 Å². The monoisotopic (exact) mass is 316 g/mol. The smallest absolute Gasteiger partial charge is 0.224 e. The Bertz CT molecular complexity index is 568. The van der Waals surface area contributed by atoms with E-state index in [-0.39, 0.29) is 12.3 Å². The topological polar surface area (TPSA) is 66.5 Å². The quantitative estimate of drug-likeness (QED) is 0.832. The summed E-state index contributed by atoms with van der Waals surface area (Å²) in [7, 11) is -3.48. The number of amides is 1. The molecule has 0 fully saturated rings. The van der Waals surface area contributed by atoms with Crippen LogP contribution in [0.1, 0.15) is 31.9 Å². The molecule has 1 aromatic carbocycles. The van der Waals surface area contributed by atoms with Crippen LogP contribution < -0.4 is 4.72 Å². The summed E-state index contributed by atoms with van der Waals surface area (Å²) in [6, 6.07) is 4.75. The van der Waals surface area contributed by atoms with Crippen LogP contribution in [0.4, 0.5) is 4.39 Å². The first-order valence-corrected chi connectivity index (χ1v) is 8.66. The molecule has 5 nitrogen and oxygen atoms in total. The van der Waals surface area contributed by atoms with E-state index in [1.165, 1.54) is 24.3 Å². The number of benzene rings is 1. The van der Waals surface area contributed by atoms with Gasteiger partial charge in [-0.15, -0.1) is 0 Å². The lowest BCUT2D eigenvalue weighted by Gasteiger charge is -2.23. The number of nitrogens with one attached hydrogen (secondary N) is 1. The lowest BCUT2D eigenvalue weighted by molar-refractivity contribution is -0.131. The first kappa shape index (κ1) is 17.6. The van der Waals surface area contributed by atoms with Crippen LogP contribution >= 0.6 is 0 Å². The number of nitrogens with zero attached hydrogens (tertiary/aromatic N) is 1. The minimum Gasteiger partial charge on any atom is -0.343 e. The first-order chi connectivity index (χ1) is 9.76. The largest absolute Gasteiger partial charge is 0.343 e. The van der Waals surface area contributed by atoms with Gasteiger partial charge in [-0.2, -0.15) is 0 Å². The van der Waals surface area contributed by atoms with Crippen LogP contribution in [-0.2, 0) is 14.8 Å². The molecule has 1 rings (SSSR count). The van der Waals surface area contributed by atoms with Crippen molar-refractivity contribution in [2.45, 2.75) is 26.3 Å². The molecule has 0 saturated carbocycles. The second-order valence-corrected chi connectivity index (χ2v) is 6.54. The van der Waals surface area contributed by atoms with Gasteiger partial charge < -0.3 is 4.90 Å². The van der Waals surface area contributed by atoms with E-state index in [4.69, 9.17) is 0 Å². The van der Waals surface area contributed by atoms with Crippen molar-refractivity contribution < 1.29 is 17.6 Å². The Balaban J connectivity index is 2.97. The summed E-state index contributed by atoms with van der Waals surface area (Å²) in [6.45, 7) is 4.84. The third-order valence-corrected chi connectivity index (χ3v) is 3.84. The van der Waals surface area contributed by atoms with Crippen molar-refractivity contribution >= 4 is 15.9 Å². The normalized spacial score (nSPS) is 13.0. The molecule has 1 unspecified atom stereocenters. The van der Waals surface area contributed by atoms with Gasteiger partial charge in [-0.3, -0.25) is 4.79 Å². The molecule has 0 aliphatic carbocycles. The van der Waals surface area contributed by atoms with Gasteiger partial charge in [0.2, 0.25) is 15.9 Å². The van der Waals surface area contributed by atoms with E-state index < -0.39 is 21.9 Å². The molecule has 1 atom stereocenters. The average Bonchev–Trinajstić information content (AvgIpc) is 2.38. The van der Waals surface area contributed by atoms with E-state index in [2.05, 4.69) is 4.72 Å². The zero-order valence-corrected chi connectivity index (χ0v) is 13.3. The molecule has 0 radical (unpaired) electrons. The molecular formula is C14H21FN2O3S. The molecule has 21 heavy (non-hydrogen) atoms. The second kappa shape index (κ2) is 7.51. The van der Waals surface area contributed by atoms with Gasteiger partial charge in [0.05, 0.1) is 12.3 Å². The van der Waals surface area contributed by atoms with Crippen LogP contribution in [0.3, 0.4) is 0 Å². The predicted molar refractivity (Wildman–Crippen MR) is 79.7 cm³/mol. The second-order valence-electron chi connectivity index (χ2n) is 4.76. The molecule has 0 aromatic heterocycles. The molecule has 1 aromatic rings. The maximum absolute atomic E-state index is 13.0. The highest BCUT2D eigenvalue weighted by molar-refractivity contribution is 7.88. The van der Waals surface area contributed by atoms with E-state index in [0.717, 1.165) is 6.26 Å². The van der Waals surface area contributed by atoms with Crippen molar-refractivity contribution in [3.63, 3.8) is 0 Å². The van der Waals surface area contributed by atoms with Gasteiger partial charge in [-0.05, 0) is 31.5 Å². The van der Waals surface area contributed by atoms with Crippen LogP contribution in [0.5, 0.6) is 0 Å². The van der Waals surface area contributed by atoms with E-state index >= 15 is 0 Å². The fourth-order valence-electron chi connectivity index (χ4n) is 2.06. The number of hydrogen-bond donors (Lipinski definition) is 1. The number of carbonyl (C=O) groups excluding carboxylic acids is 1. The van der Waals surface area contributed by atoms with Crippen molar-refractivity contribution in [2.24, 2.45) is 0 Å². The van der Waals surface area contributed by atoms with Gasteiger partial charge in [0.25, 0.3) is 0 Å². The van der Waals surface area contributed by atoms with Crippen LogP contribution in [-0.4, -0.2) is 38.6 Å². The Labute approximate surface area is 125 Å². The molecular weight excluding hydrogens is 295 g/mol. The zero-order valence-electron chi connectivity index (χ0n) is 12.5. The lowest BCUT2D eigenvalue weighted by atomic mass is 10.0. The Kier molecular flexibility index (Phi) is 6.29. The fraction of sp³-hybridized carbons (Fsp3) is 0.500. The van der Waals surface area contributed by atoms with Gasteiger partial charge in [0, 0.05) is 19.5 Å². The molecule has 0 spiro atoms. The third kappa shape index (κ3) is 5.81. The van der Waals surface area contributed by atoms with E-state index in [0.29, 0.717) is 18.7 Å². The van der Waals surface area contributed by atoms with Crippen LogP contribution in [0, 0.1) is 5.82 Å². The van der Waals surface area contributed by atoms with Crippen molar-refractivity contribution in [1.29, 1.82) is 0 Å². The van der Waals surface area contributed by atoms with E-state index in [1.807, 2.05) is 13.8 Å². The van der Waals surface area contributed by atoms with Crippen molar-refractivity contribution in [2.75, 3.05) is 19.3 Å². The molecule has 118 valence electrons. The molecule has 1 N–H and O–H groups in total. The van der Waals surface area contributed by atoms with Crippen LogP contribution in [0.25, 0.3) is 0 Å². The summed E-state index contributed by atoms with van der Waals surface area (Å²) < 4.78 is 38.3. The maximum Gasteiger partial charge on any atom is 0.224 e. The minimum atomic E-state index is -3.48. The summed E-state index contributed by atoms with van der Waals surface area (Å²) in [5, 5.41) is 0. The first-order valence-electron chi connectivity index (χ1n) is 6.77. The van der Waals surface area contributed by atoms with Gasteiger partial charge >= 0.3 is 0 Å². The van der Waals surface area contributed by atoms with Crippen molar-refractivity contribution in [3.05, 3.63) is 35.6 Å². The van der Waals surface area contributed by atoms with Gasteiger partial charge in [0.15, 0.2) is 0 Å². The van der Waals surface area contributed by atoms with Crippen molar-refractivity contribution in [1.82, 2.24) is 9.62 Å². The SMILES string of the molecule is CCN(CC)C(=O)CC(NS(C)(=O)=O)c1ccc(F)cc1. The predicted octanol–water partition coefficient (Wildman–Crippen LogP) is 1.67. The summed E-state index contributed by atoms with van der Waals surface area (Å²) in [5.41, 5.74) is 0.558.